The third-order valence-electron chi connectivity index (χ3n) is 1.88. The van der Waals surface area contributed by atoms with Crippen molar-refractivity contribution in [2.75, 3.05) is 6.26 Å². The van der Waals surface area contributed by atoms with E-state index in [1.807, 2.05) is 36.4 Å². The molecular formula is C9H13IN2O3S. The zero-order valence-electron chi connectivity index (χ0n) is 9.24. The van der Waals surface area contributed by atoms with E-state index in [4.69, 9.17) is 0 Å². The van der Waals surface area contributed by atoms with Crippen LogP contribution in [0.3, 0.4) is 0 Å². The van der Waals surface area contributed by atoms with Gasteiger partial charge in [-0.1, -0.05) is 13.8 Å². The lowest BCUT2D eigenvalue weighted by Crippen LogP contribution is -2.20. The van der Waals surface area contributed by atoms with E-state index in [0.29, 0.717) is 9.26 Å². The first kappa shape index (κ1) is 13.6. The van der Waals surface area contributed by atoms with E-state index in [2.05, 4.69) is 9.97 Å². The summed E-state index contributed by atoms with van der Waals surface area (Å²) < 4.78 is 22.7. The van der Waals surface area contributed by atoms with E-state index < -0.39 is 9.84 Å². The monoisotopic (exact) mass is 356 g/mol. The average molecular weight is 356 g/mol. The summed E-state index contributed by atoms with van der Waals surface area (Å²) in [4.78, 5) is 18.2. The molecule has 1 aromatic rings. The summed E-state index contributed by atoms with van der Waals surface area (Å²) >= 11 is 1.92. The Balaban J connectivity index is 3.30. The molecule has 1 aromatic heterocycles. The van der Waals surface area contributed by atoms with Gasteiger partial charge in [-0.15, -0.1) is 0 Å². The van der Waals surface area contributed by atoms with Crippen molar-refractivity contribution in [2.45, 2.75) is 25.5 Å². The highest BCUT2D eigenvalue weighted by molar-refractivity contribution is 14.1. The van der Waals surface area contributed by atoms with Gasteiger partial charge in [-0.3, -0.25) is 4.79 Å². The summed E-state index contributed by atoms with van der Waals surface area (Å²) in [5, 5.41) is 0. The van der Waals surface area contributed by atoms with Gasteiger partial charge in [0.15, 0.2) is 9.84 Å². The summed E-state index contributed by atoms with van der Waals surface area (Å²) in [5.74, 6) is 0.0583. The van der Waals surface area contributed by atoms with Gasteiger partial charge in [-0.25, -0.2) is 13.4 Å². The fraction of sp³-hybridized carbons (Fsp3) is 0.556. The van der Waals surface area contributed by atoms with Crippen LogP contribution in [0.25, 0.3) is 0 Å². The Labute approximate surface area is 108 Å². The average Bonchev–Trinajstić information content (AvgIpc) is 2.07. The Morgan fingerprint density at radius 3 is 2.44 bits per heavy atom. The molecule has 0 atom stereocenters. The summed E-state index contributed by atoms with van der Waals surface area (Å²) in [5.41, 5.74) is 0.362. The Bertz CT molecular complexity index is 548. The Morgan fingerprint density at radius 1 is 1.44 bits per heavy atom. The molecule has 0 aliphatic rings. The smallest absolute Gasteiger partial charge is 0.264 e. The number of H-pyrrole nitrogens is 1. The van der Waals surface area contributed by atoms with Crippen molar-refractivity contribution in [3.63, 3.8) is 0 Å². The molecule has 0 aromatic carbocycles. The lowest BCUT2D eigenvalue weighted by Gasteiger charge is -2.08. The standard InChI is InChI=1S/C9H13IN2O3S/c1-5(2)8-7(10)9(13)12-6(11-8)4-16(3,14)15/h5H,4H2,1-3H3,(H,11,12,13). The van der Waals surface area contributed by atoms with E-state index in [0.717, 1.165) is 6.26 Å². The number of aromatic amines is 1. The van der Waals surface area contributed by atoms with Crippen LogP contribution in [0, 0.1) is 3.57 Å². The van der Waals surface area contributed by atoms with Crippen molar-refractivity contribution in [3.05, 3.63) is 25.4 Å². The Hall–Kier alpha value is -0.440. The number of hydrogen-bond acceptors (Lipinski definition) is 4. The summed E-state index contributed by atoms with van der Waals surface area (Å²) in [6, 6.07) is 0. The fourth-order valence-electron chi connectivity index (χ4n) is 1.22. The van der Waals surface area contributed by atoms with Crippen molar-refractivity contribution in [3.8, 4) is 0 Å². The van der Waals surface area contributed by atoms with Crippen LogP contribution in [-0.4, -0.2) is 24.6 Å². The van der Waals surface area contributed by atoms with Gasteiger partial charge in [0, 0.05) is 6.26 Å². The van der Waals surface area contributed by atoms with Gasteiger partial charge < -0.3 is 4.98 Å². The maximum absolute atomic E-state index is 11.6. The lowest BCUT2D eigenvalue weighted by atomic mass is 10.1. The van der Waals surface area contributed by atoms with Gasteiger partial charge in [0.2, 0.25) is 0 Å². The minimum atomic E-state index is -3.18. The SMILES string of the molecule is CC(C)c1nc(CS(C)(=O)=O)[nH]c(=O)c1I. The molecule has 16 heavy (non-hydrogen) atoms. The van der Waals surface area contributed by atoms with Gasteiger partial charge in [0.1, 0.15) is 11.6 Å². The number of sulfone groups is 1. The molecule has 0 spiro atoms. The van der Waals surface area contributed by atoms with Crippen molar-refractivity contribution < 1.29 is 8.42 Å². The molecule has 90 valence electrons. The first-order chi connectivity index (χ1) is 7.20. The molecule has 1 rings (SSSR count). The minimum Gasteiger partial charge on any atom is -0.309 e. The zero-order chi connectivity index (χ0) is 12.5. The van der Waals surface area contributed by atoms with E-state index in [1.165, 1.54) is 0 Å². The highest BCUT2D eigenvalue weighted by Crippen LogP contribution is 2.16. The second-order valence-electron chi connectivity index (χ2n) is 3.94. The van der Waals surface area contributed by atoms with Crippen molar-refractivity contribution >= 4 is 32.4 Å². The molecule has 0 saturated carbocycles. The number of hydrogen-bond donors (Lipinski definition) is 1. The molecule has 0 radical (unpaired) electrons. The van der Waals surface area contributed by atoms with E-state index in [1.54, 1.807) is 0 Å². The lowest BCUT2D eigenvalue weighted by molar-refractivity contribution is 0.599. The molecule has 0 aliphatic heterocycles. The first-order valence-electron chi connectivity index (χ1n) is 4.67. The summed E-state index contributed by atoms with van der Waals surface area (Å²) in [6.45, 7) is 3.82. The van der Waals surface area contributed by atoms with Crippen LogP contribution in [-0.2, 0) is 15.6 Å². The molecule has 0 bridgehead atoms. The predicted octanol–water partition coefficient (Wildman–Crippen LogP) is 1.04. The first-order valence-corrected chi connectivity index (χ1v) is 7.81. The molecule has 0 saturated heterocycles. The topological polar surface area (TPSA) is 79.9 Å². The maximum Gasteiger partial charge on any atom is 0.264 e. The van der Waals surface area contributed by atoms with Crippen LogP contribution in [0.4, 0.5) is 0 Å². The number of halogens is 1. The molecule has 1 N–H and O–H groups in total. The van der Waals surface area contributed by atoms with Crippen LogP contribution >= 0.6 is 22.6 Å². The molecule has 0 aliphatic carbocycles. The fourth-order valence-corrected chi connectivity index (χ4v) is 2.74. The van der Waals surface area contributed by atoms with Crippen molar-refractivity contribution in [1.82, 2.24) is 9.97 Å². The highest BCUT2D eigenvalue weighted by Gasteiger charge is 2.14. The van der Waals surface area contributed by atoms with E-state index in [-0.39, 0.29) is 23.1 Å². The van der Waals surface area contributed by atoms with E-state index >= 15 is 0 Å². The Kier molecular flexibility index (Phi) is 4.11. The van der Waals surface area contributed by atoms with Gasteiger partial charge in [0.25, 0.3) is 5.56 Å². The zero-order valence-corrected chi connectivity index (χ0v) is 12.2. The van der Waals surface area contributed by atoms with Crippen molar-refractivity contribution in [2.24, 2.45) is 0 Å². The minimum absolute atomic E-state index is 0.0903. The summed E-state index contributed by atoms with van der Waals surface area (Å²) in [7, 11) is -3.18. The third kappa shape index (κ3) is 3.55. The van der Waals surface area contributed by atoms with Gasteiger partial charge in [0.05, 0.1) is 9.26 Å². The number of aromatic nitrogens is 2. The van der Waals surface area contributed by atoms with Crippen LogP contribution in [0.5, 0.6) is 0 Å². The molecular weight excluding hydrogens is 343 g/mol. The second kappa shape index (κ2) is 4.82. The Morgan fingerprint density at radius 2 is 2.00 bits per heavy atom. The van der Waals surface area contributed by atoms with Crippen LogP contribution in [0.2, 0.25) is 0 Å². The predicted molar refractivity (Wildman–Crippen MR) is 70.2 cm³/mol. The van der Waals surface area contributed by atoms with E-state index in [9.17, 15) is 13.2 Å². The van der Waals surface area contributed by atoms with Crippen LogP contribution in [0.1, 0.15) is 31.3 Å². The molecule has 0 amide bonds. The molecule has 0 fully saturated rings. The van der Waals surface area contributed by atoms with Crippen molar-refractivity contribution in [1.29, 1.82) is 0 Å². The van der Waals surface area contributed by atoms with Gasteiger partial charge in [-0.05, 0) is 28.5 Å². The number of nitrogens with one attached hydrogen (secondary N) is 1. The molecule has 5 nitrogen and oxygen atoms in total. The van der Waals surface area contributed by atoms with Crippen LogP contribution < -0.4 is 5.56 Å². The maximum atomic E-state index is 11.6. The highest BCUT2D eigenvalue weighted by atomic mass is 127. The largest absolute Gasteiger partial charge is 0.309 e. The summed E-state index contributed by atoms with van der Waals surface area (Å²) in [6.07, 6.45) is 1.11. The second-order valence-corrected chi connectivity index (χ2v) is 7.16. The van der Waals surface area contributed by atoms with Gasteiger partial charge in [-0.2, -0.15) is 0 Å². The van der Waals surface area contributed by atoms with Gasteiger partial charge >= 0.3 is 0 Å². The van der Waals surface area contributed by atoms with Crippen LogP contribution in [0.15, 0.2) is 4.79 Å². The molecule has 7 heteroatoms. The third-order valence-corrected chi connectivity index (χ3v) is 3.72. The molecule has 1 heterocycles. The molecule has 0 unspecified atom stereocenters. The number of rotatable bonds is 3. The quantitative estimate of drug-likeness (QED) is 0.821. The number of nitrogens with zero attached hydrogens (tertiary/aromatic N) is 1. The normalized spacial score (nSPS) is 12.1.